The van der Waals surface area contributed by atoms with Crippen molar-refractivity contribution in [3.05, 3.63) is 17.5 Å². The van der Waals surface area contributed by atoms with Crippen molar-refractivity contribution in [2.24, 2.45) is 5.73 Å². The van der Waals surface area contributed by atoms with E-state index in [1.54, 1.807) is 6.20 Å². The summed E-state index contributed by atoms with van der Waals surface area (Å²) in [5.74, 6) is -0.157. The van der Waals surface area contributed by atoms with Crippen LogP contribution in [-0.2, 0) is 0 Å². The predicted molar refractivity (Wildman–Crippen MR) is 44.7 cm³/mol. The number of aromatic nitrogens is 2. The van der Waals surface area contributed by atoms with Gasteiger partial charge in [-0.1, -0.05) is 0 Å². The molecule has 0 aliphatic rings. The molecule has 4 N–H and O–H groups in total. The van der Waals surface area contributed by atoms with Crippen LogP contribution in [0.3, 0.4) is 0 Å². The maximum absolute atomic E-state index is 11.2. The molecule has 66 valence electrons. The third-order valence-corrected chi connectivity index (χ3v) is 1.49. The van der Waals surface area contributed by atoms with E-state index < -0.39 is 0 Å². The fourth-order valence-electron chi connectivity index (χ4n) is 0.850. The summed E-state index contributed by atoms with van der Waals surface area (Å²) >= 11 is 0. The zero-order chi connectivity index (χ0) is 8.97. The summed E-state index contributed by atoms with van der Waals surface area (Å²) in [5.41, 5.74) is 6.57. The highest BCUT2D eigenvalue weighted by Crippen LogP contribution is 2.00. The van der Waals surface area contributed by atoms with Gasteiger partial charge in [0, 0.05) is 13.1 Å². The number of amides is 1. The predicted octanol–water partition coefficient (Wildman–Crippen LogP) is -0.593. The van der Waals surface area contributed by atoms with E-state index in [0.717, 1.165) is 5.56 Å². The van der Waals surface area contributed by atoms with Crippen LogP contribution in [0.4, 0.5) is 0 Å². The van der Waals surface area contributed by atoms with Gasteiger partial charge < -0.3 is 11.1 Å². The number of nitrogens with one attached hydrogen (secondary N) is 2. The number of hydrogen-bond donors (Lipinski definition) is 3. The molecule has 0 saturated carbocycles. The number of nitrogens with zero attached hydrogens (tertiary/aromatic N) is 1. The molecule has 1 aromatic heterocycles. The van der Waals surface area contributed by atoms with Crippen LogP contribution in [0.5, 0.6) is 0 Å². The Balaban J connectivity index is 2.59. The largest absolute Gasteiger partial charge is 0.349 e. The van der Waals surface area contributed by atoms with Crippen molar-refractivity contribution in [1.82, 2.24) is 15.5 Å². The van der Waals surface area contributed by atoms with Gasteiger partial charge in [-0.3, -0.25) is 9.89 Å². The highest BCUT2D eigenvalue weighted by Gasteiger charge is 2.08. The maximum Gasteiger partial charge on any atom is 0.269 e. The number of hydrogen-bond acceptors (Lipinski definition) is 3. The van der Waals surface area contributed by atoms with Crippen LogP contribution in [0.25, 0.3) is 0 Å². The lowest BCUT2D eigenvalue weighted by Crippen LogP contribution is -2.29. The molecule has 5 nitrogen and oxygen atoms in total. The Kier molecular flexibility index (Phi) is 2.82. The van der Waals surface area contributed by atoms with Crippen LogP contribution in [-0.4, -0.2) is 29.2 Å². The molecular formula is C7H12N4O. The van der Waals surface area contributed by atoms with Crippen molar-refractivity contribution in [3.63, 3.8) is 0 Å². The van der Waals surface area contributed by atoms with Gasteiger partial charge in [0.1, 0.15) is 5.69 Å². The van der Waals surface area contributed by atoms with E-state index in [-0.39, 0.29) is 5.91 Å². The third kappa shape index (κ3) is 1.82. The van der Waals surface area contributed by atoms with Crippen LogP contribution in [0.2, 0.25) is 0 Å². The lowest BCUT2D eigenvalue weighted by molar-refractivity contribution is 0.0949. The van der Waals surface area contributed by atoms with Crippen LogP contribution in [0, 0.1) is 6.92 Å². The molecule has 0 aliphatic heterocycles. The topological polar surface area (TPSA) is 83.8 Å². The average Bonchev–Trinajstić information content (AvgIpc) is 2.47. The SMILES string of the molecule is Cc1cn[nH]c1C(=O)NCCN. The maximum atomic E-state index is 11.2. The zero-order valence-electron chi connectivity index (χ0n) is 6.92. The average molecular weight is 168 g/mol. The minimum Gasteiger partial charge on any atom is -0.349 e. The monoisotopic (exact) mass is 168 g/mol. The van der Waals surface area contributed by atoms with E-state index in [0.29, 0.717) is 18.8 Å². The smallest absolute Gasteiger partial charge is 0.269 e. The lowest BCUT2D eigenvalue weighted by Gasteiger charge is -2.00. The summed E-state index contributed by atoms with van der Waals surface area (Å²) in [4.78, 5) is 11.2. The standard InChI is InChI=1S/C7H12N4O/c1-5-4-10-11-6(5)7(12)9-3-2-8/h4H,2-3,8H2,1H3,(H,9,12)(H,10,11). The molecule has 0 saturated heterocycles. The number of H-pyrrole nitrogens is 1. The van der Waals surface area contributed by atoms with Gasteiger partial charge in [-0.15, -0.1) is 0 Å². The van der Waals surface area contributed by atoms with Crippen molar-refractivity contribution < 1.29 is 4.79 Å². The Labute approximate surface area is 70.3 Å². The van der Waals surface area contributed by atoms with Crippen molar-refractivity contribution in [2.45, 2.75) is 6.92 Å². The third-order valence-electron chi connectivity index (χ3n) is 1.49. The zero-order valence-corrected chi connectivity index (χ0v) is 6.92. The van der Waals surface area contributed by atoms with Gasteiger partial charge in [0.15, 0.2) is 0 Å². The minimum absolute atomic E-state index is 0.157. The molecule has 0 radical (unpaired) electrons. The second-order valence-electron chi connectivity index (χ2n) is 2.47. The highest BCUT2D eigenvalue weighted by molar-refractivity contribution is 5.93. The summed E-state index contributed by atoms with van der Waals surface area (Å²) < 4.78 is 0. The van der Waals surface area contributed by atoms with Crippen molar-refractivity contribution in [2.75, 3.05) is 13.1 Å². The van der Waals surface area contributed by atoms with E-state index in [1.165, 1.54) is 0 Å². The van der Waals surface area contributed by atoms with Gasteiger partial charge in [0.25, 0.3) is 5.91 Å². The number of nitrogens with two attached hydrogens (primary N) is 1. The quantitative estimate of drug-likeness (QED) is 0.564. The summed E-state index contributed by atoms with van der Waals surface area (Å²) in [7, 11) is 0. The Hall–Kier alpha value is -1.36. The van der Waals surface area contributed by atoms with Crippen molar-refractivity contribution >= 4 is 5.91 Å². The minimum atomic E-state index is -0.157. The fourth-order valence-corrected chi connectivity index (χ4v) is 0.850. The first-order valence-electron chi connectivity index (χ1n) is 3.74. The van der Waals surface area contributed by atoms with E-state index >= 15 is 0 Å². The number of carbonyl (C=O) groups excluding carboxylic acids is 1. The number of carbonyl (C=O) groups is 1. The molecule has 0 bridgehead atoms. The molecule has 1 aromatic rings. The Morgan fingerprint density at radius 1 is 1.83 bits per heavy atom. The van der Waals surface area contributed by atoms with Crippen LogP contribution >= 0.6 is 0 Å². The Bertz CT molecular complexity index is 268. The van der Waals surface area contributed by atoms with Crippen molar-refractivity contribution in [1.29, 1.82) is 0 Å². The van der Waals surface area contributed by atoms with Gasteiger partial charge in [-0.05, 0) is 12.5 Å². The molecule has 0 unspecified atom stereocenters. The molecule has 0 atom stereocenters. The van der Waals surface area contributed by atoms with Gasteiger partial charge in [-0.2, -0.15) is 5.10 Å². The first-order chi connectivity index (χ1) is 5.75. The van der Waals surface area contributed by atoms with E-state index in [1.807, 2.05) is 6.92 Å². The van der Waals surface area contributed by atoms with Crippen LogP contribution in [0.1, 0.15) is 16.1 Å². The summed E-state index contributed by atoms with van der Waals surface area (Å²) in [6, 6.07) is 0. The van der Waals surface area contributed by atoms with Crippen LogP contribution < -0.4 is 11.1 Å². The molecule has 0 spiro atoms. The molecule has 1 heterocycles. The van der Waals surface area contributed by atoms with Crippen LogP contribution in [0.15, 0.2) is 6.20 Å². The Morgan fingerprint density at radius 2 is 2.58 bits per heavy atom. The number of rotatable bonds is 3. The van der Waals surface area contributed by atoms with Gasteiger partial charge >= 0.3 is 0 Å². The number of aryl methyl sites for hydroxylation is 1. The van der Waals surface area contributed by atoms with Gasteiger partial charge in [0.05, 0.1) is 6.20 Å². The summed E-state index contributed by atoms with van der Waals surface area (Å²) in [6.07, 6.45) is 1.61. The second-order valence-corrected chi connectivity index (χ2v) is 2.47. The molecular weight excluding hydrogens is 156 g/mol. The van der Waals surface area contributed by atoms with E-state index in [4.69, 9.17) is 5.73 Å². The Morgan fingerprint density at radius 3 is 3.08 bits per heavy atom. The normalized spacial score (nSPS) is 9.83. The van der Waals surface area contributed by atoms with Gasteiger partial charge in [-0.25, -0.2) is 0 Å². The van der Waals surface area contributed by atoms with E-state index in [2.05, 4.69) is 15.5 Å². The molecule has 1 amide bonds. The first-order valence-corrected chi connectivity index (χ1v) is 3.74. The summed E-state index contributed by atoms with van der Waals surface area (Å²) in [6.45, 7) is 2.75. The molecule has 0 aliphatic carbocycles. The molecule has 0 fully saturated rings. The second kappa shape index (κ2) is 3.87. The summed E-state index contributed by atoms with van der Waals surface area (Å²) in [5, 5.41) is 8.99. The fraction of sp³-hybridized carbons (Fsp3) is 0.429. The number of aromatic amines is 1. The molecule has 5 heteroatoms. The van der Waals surface area contributed by atoms with Gasteiger partial charge in [0.2, 0.25) is 0 Å². The lowest BCUT2D eigenvalue weighted by atomic mass is 10.2. The molecule has 12 heavy (non-hydrogen) atoms. The molecule has 0 aromatic carbocycles. The van der Waals surface area contributed by atoms with E-state index in [9.17, 15) is 4.79 Å². The highest BCUT2D eigenvalue weighted by atomic mass is 16.1. The first kappa shape index (κ1) is 8.73. The van der Waals surface area contributed by atoms with Crippen molar-refractivity contribution in [3.8, 4) is 0 Å². The molecule has 1 rings (SSSR count).